The summed E-state index contributed by atoms with van der Waals surface area (Å²) in [5.74, 6) is -0.442. The van der Waals surface area contributed by atoms with Crippen molar-refractivity contribution in [3.8, 4) is 0 Å². The summed E-state index contributed by atoms with van der Waals surface area (Å²) in [5, 5.41) is 3.37. The lowest BCUT2D eigenvalue weighted by atomic mass is 10.2. The molecule has 10 heteroatoms. The molecule has 0 spiro atoms. The van der Waals surface area contributed by atoms with Gasteiger partial charge in [0.1, 0.15) is 0 Å². The third-order valence-electron chi connectivity index (χ3n) is 3.62. The van der Waals surface area contributed by atoms with Crippen molar-refractivity contribution >= 4 is 56.8 Å². The number of rotatable bonds is 6. The van der Waals surface area contributed by atoms with Gasteiger partial charge in [0, 0.05) is 24.2 Å². The van der Waals surface area contributed by atoms with Crippen molar-refractivity contribution < 1.29 is 13.2 Å². The molecular weight excluding hydrogens is 435 g/mol. The van der Waals surface area contributed by atoms with E-state index in [1.165, 1.54) is 48.8 Å². The fourth-order valence-corrected chi connectivity index (χ4v) is 3.58. The number of hydrogen-bond acceptors (Lipinski definition) is 5. The van der Waals surface area contributed by atoms with Gasteiger partial charge in [-0.25, -0.2) is 23.1 Å². The molecule has 2 aromatic carbocycles. The van der Waals surface area contributed by atoms with Gasteiger partial charge in [-0.2, -0.15) is 0 Å². The van der Waals surface area contributed by atoms with E-state index in [-0.39, 0.29) is 10.8 Å². The highest BCUT2D eigenvalue weighted by Gasteiger charge is 2.15. The van der Waals surface area contributed by atoms with E-state index < -0.39 is 15.9 Å². The lowest BCUT2D eigenvalue weighted by Gasteiger charge is -2.07. The van der Waals surface area contributed by atoms with E-state index in [0.29, 0.717) is 21.3 Å². The molecule has 0 atom stereocenters. The number of carbonyl (C=O) groups excluding carboxylic acids is 1. The molecule has 1 heterocycles. The zero-order valence-electron chi connectivity index (χ0n) is 14.7. The van der Waals surface area contributed by atoms with Crippen LogP contribution in [0, 0.1) is 0 Å². The topological polar surface area (TPSA) is 101 Å². The number of sulfonamides is 1. The van der Waals surface area contributed by atoms with Crippen molar-refractivity contribution in [3.05, 3.63) is 82.6 Å². The molecule has 0 bridgehead atoms. The summed E-state index contributed by atoms with van der Waals surface area (Å²) in [6.45, 7) is 0. The van der Waals surface area contributed by atoms with Gasteiger partial charge in [0.2, 0.25) is 11.9 Å². The maximum absolute atomic E-state index is 12.3. The molecule has 148 valence electrons. The number of aromatic nitrogens is 2. The Labute approximate surface area is 177 Å². The van der Waals surface area contributed by atoms with Crippen molar-refractivity contribution in [3.63, 3.8) is 0 Å². The van der Waals surface area contributed by atoms with E-state index in [0.717, 1.165) is 0 Å². The van der Waals surface area contributed by atoms with Crippen LogP contribution in [-0.2, 0) is 14.8 Å². The maximum Gasteiger partial charge on any atom is 0.264 e. The number of amides is 1. The number of benzene rings is 2. The second-order valence-corrected chi connectivity index (χ2v) is 8.14. The number of hydrogen-bond donors (Lipinski definition) is 2. The SMILES string of the molecule is O=C(C=Cc1cccc(Cl)c1Cl)Nc1ccc(S(=O)(=O)Nc2ncccn2)cc1. The molecule has 0 unspecified atom stereocenters. The molecule has 29 heavy (non-hydrogen) atoms. The summed E-state index contributed by atoms with van der Waals surface area (Å²) in [6, 6.07) is 12.3. The van der Waals surface area contributed by atoms with Crippen molar-refractivity contribution in [1.82, 2.24) is 9.97 Å². The van der Waals surface area contributed by atoms with Crippen LogP contribution in [-0.4, -0.2) is 24.3 Å². The second-order valence-electron chi connectivity index (χ2n) is 5.67. The van der Waals surface area contributed by atoms with Crippen LogP contribution < -0.4 is 10.0 Å². The molecule has 3 aromatic rings. The molecular formula is C19H14Cl2N4O3S. The largest absolute Gasteiger partial charge is 0.323 e. The van der Waals surface area contributed by atoms with Gasteiger partial charge in [-0.15, -0.1) is 0 Å². The standard InChI is InChI=1S/C19H14Cl2N4O3S/c20-16-4-1-3-13(18(16)21)5-10-17(26)24-14-6-8-15(9-7-14)29(27,28)25-19-22-11-2-12-23-19/h1-12H,(H,24,26)(H,22,23,25). The highest BCUT2D eigenvalue weighted by atomic mass is 35.5. The molecule has 0 aliphatic carbocycles. The summed E-state index contributed by atoms with van der Waals surface area (Å²) in [7, 11) is -3.84. The molecule has 1 amide bonds. The smallest absolute Gasteiger partial charge is 0.264 e. The van der Waals surface area contributed by atoms with Crippen molar-refractivity contribution in [1.29, 1.82) is 0 Å². The number of carbonyl (C=O) groups is 1. The molecule has 0 aliphatic rings. The third kappa shape index (κ3) is 5.54. The van der Waals surface area contributed by atoms with Gasteiger partial charge in [-0.1, -0.05) is 35.3 Å². The highest BCUT2D eigenvalue weighted by molar-refractivity contribution is 7.92. The number of anilines is 2. The normalized spacial score (nSPS) is 11.4. The first-order valence-electron chi connectivity index (χ1n) is 8.18. The van der Waals surface area contributed by atoms with E-state index in [1.54, 1.807) is 24.3 Å². The predicted octanol–water partition coefficient (Wildman–Crippen LogP) is 4.24. The summed E-state index contributed by atoms with van der Waals surface area (Å²) in [6.07, 6.45) is 5.68. The summed E-state index contributed by atoms with van der Waals surface area (Å²) < 4.78 is 27.0. The Kier molecular flexibility index (Phi) is 6.48. The van der Waals surface area contributed by atoms with Crippen LogP contribution in [0.1, 0.15) is 5.56 Å². The molecule has 3 rings (SSSR count). The van der Waals surface area contributed by atoms with E-state index in [9.17, 15) is 13.2 Å². The Morgan fingerprint density at radius 1 is 0.966 bits per heavy atom. The molecule has 7 nitrogen and oxygen atoms in total. The van der Waals surface area contributed by atoms with Crippen LogP contribution >= 0.6 is 23.2 Å². The van der Waals surface area contributed by atoms with Gasteiger partial charge in [0.25, 0.3) is 10.0 Å². The molecule has 1 aromatic heterocycles. The minimum Gasteiger partial charge on any atom is -0.323 e. The zero-order valence-corrected chi connectivity index (χ0v) is 17.0. The Morgan fingerprint density at radius 3 is 2.34 bits per heavy atom. The Hall–Kier alpha value is -2.94. The fraction of sp³-hybridized carbons (Fsp3) is 0. The fourth-order valence-electron chi connectivity index (χ4n) is 2.25. The highest BCUT2D eigenvalue weighted by Crippen LogP contribution is 2.26. The average Bonchev–Trinajstić information content (AvgIpc) is 2.70. The first-order valence-corrected chi connectivity index (χ1v) is 10.4. The predicted molar refractivity (Wildman–Crippen MR) is 113 cm³/mol. The van der Waals surface area contributed by atoms with Crippen LogP contribution in [0.2, 0.25) is 10.0 Å². The van der Waals surface area contributed by atoms with Crippen LogP contribution in [0.5, 0.6) is 0 Å². The first kappa shape index (κ1) is 20.8. The minimum atomic E-state index is -3.84. The van der Waals surface area contributed by atoms with Crippen LogP contribution in [0.15, 0.2) is 71.9 Å². The van der Waals surface area contributed by atoms with E-state index in [1.807, 2.05) is 0 Å². The van der Waals surface area contributed by atoms with E-state index >= 15 is 0 Å². The van der Waals surface area contributed by atoms with Gasteiger partial charge < -0.3 is 5.32 Å². The minimum absolute atomic E-state index is 0.00389. The van der Waals surface area contributed by atoms with Gasteiger partial charge in [0.05, 0.1) is 14.9 Å². The quantitative estimate of drug-likeness (QED) is 0.549. The number of halogens is 2. The third-order valence-corrected chi connectivity index (χ3v) is 5.80. The zero-order chi connectivity index (χ0) is 20.9. The summed E-state index contributed by atoms with van der Waals surface area (Å²) in [5.41, 5.74) is 1.02. The summed E-state index contributed by atoms with van der Waals surface area (Å²) >= 11 is 12.0. The second kappa shape index (κ2) is 9.04. The van der Waals surface area contributed by atoms with E-state index in [2.05, 4.69) is 20.0 Å². The van der Waals surface area contributed by atoms with Crippen LogP contribution in [0.4, 0.5) is 11.6 Å². The molecule has 2 N–H and O–H groups in total. The van der Waals surface area contributed by atoms with Crippen molar-refractivity contribution in [2.45, 2.75) is 4.90 Å². The van der Waals surface area contributed by atoms with Crippen molar-refractivity contribution in [2.75, 3.05) is 10.0 Å². The van der Waals surface area contributed by atoms with Gasteiger partial charge in [-0.3, -0.25) is 4.79 Å². The first-order chi connectivity index (χ1) is 13.8. The lowest BCUT2D eigenvalue weighted by Crippen LogP contribution is -2.15. The Morgan fingerprint density at radius 2 is 1.66 bits per heavy atom. The molecule has 0 saturated carbocycles. The van der Waals surface area contributed by atoms with Gasteiger partial charge >= 0.3 is 0 Å². The Bertz CT molecular complexity index is 1150. The lowest BCUT2D eigenvalue weighted by molar-refractivity contribution is -0.111. The molecule has 0 saturated heterocycles. The van der Waals surface area contributed by atoms with Gasteiger partial charge in [-0.05, 0) is 48.0 Å². The van der Waals surface area contributed by atoms with Gasteiger partial charge in [0.15, 0.2) is 0 Å². The molecule has 0 fully saturated rings. The average molecular weight is 449 g/mol. The number of nitrogens with zero attached hydrogens (tertiary/aromatic N) is 2. The molecule has 0 radical (unpaired) electrons. The van der Waals surface area contributed by atoms with Crippen molar-refractivity contribution in [2.24, 2.45) is 0 Å². The molecule has 0 aliphatic heterocycles. The number of nitrogens with one attached hydrogen (secondary N) is 2. The Balaban J connectivity index is 1.66. The van der Waals surface area contributed by atoms with Crippen LogP contribution in [0.25, 0.3) is 6.08 Å². The van der Waals surface area contributed by atoms with E-state index in [4.69, 9.17) is 23.2 Å². The van der Waals surface area contributed by atoms with Crippen LogP contribution in [0.3, 0.4) is 0 Å². The maximum atomic E-state index is 12.3. The monoisotopic (exact) mass is 448 g/mol. The summed E-state index contributed by atoms with van der Waals surface area (Å²) in [4.78, 5) is 19.7.